The van der Waals surface area contributed by atoms with Gasteiger partial charge in [-0.3, -0.25) is 4.79 Å². The summed E-state index contributed by atoms with van der Waals surface area (Å²) < 4.78 is 0. The molecule has 20 heavy (non-hydrogen) atoms. The molecule has 0 aliphatic heterocycles. The van der Waals surface area contributed by atoms with E-state index in [-0.39, 0.29) is 12.3 Å². The third-order valence-electron chi connectivity index (χ3n) is 3.24. The highest BCUT2D eigenvalue weighted by Crippen LogP contribution is 2.06. The van der Waals surface area contributed by atoms with Gasteiger partial charge in [0, 0.05) is 19.4 Å². The van der Waals surface area contributed by atoms with Gasteiger partial charge in [0.2, 0.25) is 5.91 Å². The van der Waals surface area contributed by atoms with E-state index in [4.69, 9.17) is 5.26 Å². The first kappa shape index (κ1) is 18.9. The van der Waals surface area contributed by atoms with Crippen molar-refractivity contribution < 1.29 is 19.7 Å². The van der Waals surface area contributed by atoms with Crippen LogP contribution in [-0.4, -0.2) is 23.7 Å². The summed E-state index contributed by atoms with van der Waals surface area (Å²) in [5.41, 5.74) is 0. The van der Waals surface area contributed by atoms with Gasteiger partial charge < -0.3 is 10.2 Å². The van der Waals surface area contributed by atoms with Crippen LogP contribution in [0.3, 0.4) is 0 Å². The zero-order chi connectivity index (χ0) is 15.1. The highest BCUT2D eigenvalue weighted by atomic mass is 17.1. The molecular formula is C15H29NO4. The average Bonchev–Trinajstić information content (AvgIpc) is 2.46. The summed E-state index contributed by atoms with van der Waals surface area (Å²) in [6, 6.07) is 0. The van der Waals surface area contributed by atoms with Crippen molar-refractivity contribution in [3.63, 3.8) is 0 Å². The van der Waals surface area contributed by atoms with Crippen molar-refractivity contribution >= 4 is 11.9 Å². The Morgan fingerprint density at radius 3 is 2.20 bits per heavy atom. The largest absolute Gasteiger partial charge is 0.356 e. The van der Waals surface area contributed by atoms with Crippen LogP contribution in [0.2, 0.25) is 0 Å². The molecule has 0 aliphatic rings. The van der Waals surface area contributed by atoms with Gasteiger partial charge in [-0.2, -0.15) is 5.26 Å². The molecular weight excluding hydrogens is 258 g/mol. The van der Waals surface area contributed by atoms with Crippen LogP contribution in [0.5, 0.6) is 0 Å². The second kappa shape index (κ2) is 14.3. The van der Waals surface area contributed by atoms with Gasteiger partial charge in [-0.15, -0.1) is 0 Å². The third-order valence-corrected chi connectivity index (χ3v) is 3.24. The molecule has 0 unspecified atom stereocenters. The van der Waals surface area contributed by atoms with Crippen LogP contribution in [0.25, 0.3) is 0 Å². The number of rotatable bonds is 13. The van der Waals surface area contributed by atoms with Crippen LogP contribution in [0.15, 0.2) is 0 Å². The van der Waals surface area contributed by atoms with Gasteiger partial charge in [0.25, 0.3) is 0 Å². The van der Waals surface area contributed by atoms with Crippen molar-refractivity contribution in [1.29, 1.82) is 0 Å². The molecule has 0 radical (unpaired) electrons. The molecule has 0 saturated heterocycles. The van der Waals surface area contributed by atoms with E-state index in [1.165, 1.54) is 25.7 Å². The standard InChI is InChI=1S/C15H29NO4/c1-2-3-4-5-6-8-11-14(17)16-13-10-7-9-12-15(18)20-19/h19H,2-13H2,1H3,(H,16,17). The third kappa shape index (κ3) is 13.3. The maximum Gasteiger partial charge on any atom is 0.342 e. The molecule has 0 spiro atoms. The number of unbranched alkanes of at least 4 members (excludes halogenated alkanes) is 7. The Kier molecular flexibility index (Phi) is 13.5. The van der Waals surface area contributed by atoms with Crippen molar-refractivity contribution in [2.24, 2.45) is 0 Å². The second-order valence-electron chi connectivity index (χ2n) is 5.14. The minimum atomic E-state index is -0.600. The highest BCUT2D eigenvalue weighted by Gasteiger charge is 2.02. The SMILES string of the molecule is CCCCCCCCC(=O)NCCCCCC(=O)OO. The van der Waals surface area contributed by atoms with Crippen molar-refractivity contribution in [3.8, 4) is 0 Å². The Bertz CT molecular complexity index is 256. The van der Waals surface area contributed by atoms with E-state index in [9.17, 15) is 9.59 Å². The fourth-order valence-corrected chi connectivity index (χ4v) is 2.00. The van der Waals surface area contributed by atoms with Gasteiger partial charge in [0.1, 0.15) is 0 Å². The molecule has 0 saturated carbocycles. The molecule has 0 atom stereocenters. The van der Waals surface area contributed by atoms with Gasteiger partial charge in [0.05, 0.1) is 0 Å². The number of hydrogen-bond acceptors (Lipinski definition) is 4. The summed E-state index contributed by atoms with van der Waals surface area (Å²) in [7, 11) is 0. The van der Waals surface area contributed by atoms with Crippen LogP contribution in [0.4, 0.5) is 0 Å². The molecule has 5 heteroatoms. The predicted molar refractivity (Wildman–Crippen MR) is 78.2 cm³/mol. The molecule has 0 heterocycles. The van der Waals surface area contributed by atoms with Gasteiger partial charge in [-0.25, -0.2) is 4.79 Å². The summed E-state index contributed by atoms with van der Waals surface area (Å²) in [4.78, 5) is 25.7. The van der Waals surface area contributed by atoms with Gasteiger partial charge >= 0.3 is 5.97 Å². The topological polar surface area (TPSA) is 75.6 Å². The zero-order valence-corrected chi connectivity index (χ0v) is 12.7. The average molecular weight is 287 g/mol. The first-order valence-corrected chi connectivity index (χ1v) is 7.81. The minimum absolute atomic E-state index is 0.121. The van der Waals surface area contributed by atoms with Gasteiger partial charge in [-0.05, 0) is 19.3 Å². The molecule has 0 aromatic heterocycles. The molecule has 0 aliphatic carbocycles. The summed E-state index contributed by atoms with van der Waals surface area (Å²) in [5, 5.41) is 10.9. The lowest BCUT2D eigenvalue weighted by atomic mass is 10.1. The van der Waals surface area contributed by atoms with Crippen LogP contribution in [-0.2, 0) is 14.5 Å². The molecule has 118 valence electrons. The Labute approximate surface area is 122 Å². The van der Waals surface area contributed by atoms with Gasteiger partial charge in [0.15, 0.2) is 0 Å². The molecule has 0 aromatic rings. The normalized spacial score (nSPS) is 10.3. The fourth-order valence-electron chi connectivity index (χ4n) is 2.00. The van der Waals surface area contributed by atoms with Crippen molar-refractivity contribution in [2.45, 2.75) is 77.6 Å². The number of hydrogen-bond donors (Lipinski definition) is 2. The first-order chi connectivity index (χ1) is 9.70. The molecule has 1 amide bonds. The molecule has 5 nitrogen and oxygen atoms in total. The second-order valence-corrected chi connectivity index (χ2v) is 5.14. The lowest BCUT2D eigenvalue weighted by molar-refractivity contribution is -0.234. The number of amides is 1. The maximum atomic E-state index is 11.5. The summed E-state index contributed by atoms with van der Waals surface area (Å²) in [6.07, 6.45) is 10.3. The maximum absolute atomic E-state index is 11.5. The minimum Gasteiger partial charge on any atom is -0.356 e. The monoisotopic (exact) mass is 287 g/mol. The van der Waals surface area contributed by atoms with E-state index >= 15 is 0 Å². The molecule has 2 N–H and O–H groups in total. The Balaban J connectivity index is 3.22. The zero-order valence-electron chi connectivity index (χ0n) is 12.7. The Morgan fingerprint density at radius 1 is 0.900 bits per heavy atom. The predicted octanol–water partition coefficient (Wildman–Crippen LogP) is 3.43. The number of nitrogens with one attached hydrogen (secondary N) is 1. The van der Waals surface area contributed by atoms with Crippen molar-refractivity contribution in [3.05, 3.63) is 0 Å². The quantitative estimate of drug-likeness (QED) is 0.309. The van der Waals surface area contributed by atoms with E-state index in [0.29, 0.717) is 19.4 Å². The van der Waals surface area contributed by atoms with E-state index < -0.39 is 5.97 Å². The van der Waals surface area contributed by atoms with Crippen LogP contribution in [0, 0.1) is 0 Å². The van der Waals surface area contributed by atoms with Crippen LogP contribution >= 0.6 is 0 Å². The van der Waals surface area contributed by atoms with E-state index in [1.54, 1.807) is 0 Å². The van der Waals surface area contributed by atoms with Crippen molar-refractivity contribution in [2.75, 3.05) is 6.54 Å². The van der Waals surface area contributed by atoms with E-state index in [2.05, 4.69) is 17.1 Å². The first-order valence-electron chi connectivity index (χ1n) is 7.81. The van der Waals surface area contributed by atoms with E-state index in [1.807, 2.05) is 0 Å². The van der Waals surface area contributed by atoms with Crippen LogP contribution < -0.4 is 5.32 Å². The lowest BCUT2D eigenvalue weighted by Crippen LogP contribution is -2.24. The summed E-state index contributed by atoms with van der Waals surface area (Å²) in [5.74, 6) is -0.479. The molecule has 0 aromatic carbocycles. The molecule has 0 bridgehead atoms. The Hall–Kier alpha value is -1.10. The van der Waals surface area contributed by atoms with E-state index in [0.717, 1.165) is 25.7 Å². The molecule has 0 rings (SSSR count). The van der Waals surface area contributed by atoms with Crippen molar-refractivity contribution in [1.82, 2.24) is 5.32 Å². The van der Waals surface area contributed by atoms with Crippen LogP contribution in [0.1, 0.15) is 77.6 Å². The summed E-state index contributed by atoms with van der Waals surface area (Å²) in [6.45, 7) is 2.85. The Morgan fingerprint density at radius 2 is 1.50 bits per heavy atom. The highest BCUT2D eigenvalue weighted by molar-refractivity contribution is 5.75. The summed E-state index contributed by atoms with van der Waals surface area (Å²) >= 11 is 0. The van der Waals surface area contributed by atoms with Gasteiger partial charge in [-0.1, -0.05) is 45.4 Å². The molecule has 0 fully saturated rings. The lowest BCUT2D eigenvalue weighted by Gasteiger charge is -2.05. The number of carbonyl (C=O) groups is 2. The smallest absolute Gasteiger partial charge is 0.342 e. The number of carbonyl (C=O) groups excluding carboxylic acids is 2. The fraction of sp³-hybridized carbons (Fsp3) is 0.867.